The number of ether oxygens (including phenoxy) is 5. The number of hydrogen-bond donors (Lipinski definition) is 4. The quantitative estimate of drug-likeness (QED) is 0.0391. The first-order valence-electron chi connectivity index (χ1n) is 27.1. The van der Waals surface area contributed by atoms with Crippen molar-refractivity contribution >= 4 is 64.5 Å². The molecular weight excluding hydrogens is 1100 g/mol. The van der Waals surface area contributed by atoms with Gasteiger partial charge in [-0.15, -0.1) is 0 Å². The molecule has 0 aliphatic carbocycles. The number of amides is 2. The first-order valence-corrected chi connectivity index (χ1v) is 31.5. The van der Waals surface area contributed by atoms with Crippen molar-refractivity contribution in [2.75, 3.05) is 38.0 Å². The highest BCUT2D eigenvalue weighted by Crippen LogP contribution is 2.45. The molecule has 0 saturated carbocycles. The van der Waals surface area contributed by atoms with Gasteiger partial charge in [-0.05, 0) is 71.2 Å². The lowest BCUT2D eigenvalue weighted by molar-refractivity contribution is -0.118. The van der Waals surface area contributed by atoms with Gasteiger partial charge in [-0.2, -0.15) is 18.1 Å². The lowest BCUT2D eigenvalue weighted by Gasteiger charge is -2.39. The SMILES string of the molecule is COc1ccc(C(OC[C@H]2O[C@@H](n3cnc4c(NC(=O)c5ccccc5)ncnc43)C[C@@H]2OS(=O)(=O)NC[C@@H]2C[C@@H](O[Si](C)(C)C(C)(C)C)C(n3cnc4c(=O)[nH]c(NC(=O)C(C)C)nc43)O2)(c2ccccc2)c2ccc(OC)cc2)cc1. The minimum absolute atomic E-state index is 0.0100. The smallest absolute Gasteiger partial charge is 0.336 e. The molecule has 2 aliphatic rings. The minimum atomic E-state index is -4.64. The van der Waals surface area contributed by atoms with Gasteiger partial charge in [-0.1, -0.05) is 107 Å². The van der Waals surface area contributed by atoms with Crippen LogP contribution in [0.5, 0.6) is 11.5 Å². The number of rotatable bonds is 21. The number of aromatic nitrogens is 8. The maximum atomic E-state index is 14.6. The van der Waals surface area contributed by atoms with Gasteiger partial charge in [0.05, 0.1) is 45.7 Å². The first-order chi connectivity index (χ1) is 39.7. The molecule has 1 unspecified atom stereocenters. The van der Waals surface area contributed by atoms with E-state index in [1.54, 1.807) is 61.5 Å². The van der Waals surface area contributed by atoms with Crippen molar-refractivity contribution in [1.82, 2.24) is 43.8 Å². The molecule has 2 amide bonds. The topological polar surface area (TPSA) is 276 Å². The molecule has 0 bridgehead atoms. The van der Waals surface area contributed by atoms with Gasteiger partial charge < -0.3 is 33.4 Å². The average Bonchev–Trinajstić information content (AvgIpc) is 2.46. The van der Waals surface area contributed by atoms with E-state index in [1.807, 2.05) is 84.9 Å². The molecule has 6 atom stereocenters. The van der Waals surface area contributed by atoms with Gasteiger partial charge in [0.15, 0.2) is 42.7 Å². The van der Waals surface area contributed by atoms with Crippen LogP contribution in [-0.2, 0) is 43.5 Å². The number of methoxy groups -OCH3 is 2. The summed E-state index contributed by atoms with van der Waals surface area (Å²) in [6.45, 7) is 13.5. The van der Waals surface area contributed by atoms with E-state index in [4.69, 9.17) is 32.3 Å². The van der Waals surface area contributed by atoms with Crippen LogP contribution >= 0.6 is 0 Å². The number of carbonyl (C=O) groups excluding carboxylic acids is 2. The van der Waals surface area contributed by atoms with Crippen molar-refractivity contribution in [3.8, 4) is 11.5 Å². The Labute approximate surface area is 480 Å². The second-order valence-corrected chi connectivity index (χ2v) is 28.3. The third-order valence-electron chi connectivity index (χ3n) is 15.4. The summed E-state index contributed by atoms with van der Waals surface area (Å²) >= 11 is 0. The van der Waals surface area contributed by atoms with Gasteiger partial charge in [0, 0.05) is 30.9 Å². The van der Waals surface area contributed by atoms with E-state index in [0.717, 1.165) is 16.7 Å². The van der Waals surface area contributed by atoms with E-state index in [9.17, 15) is 22.8 Å². The Balaban J connectivity index is 0.964. The summed E-state index contributed by atoms with van der Waals surface area (Å²) in [7, 11) is -4.00. The molecule has 10 rings (SSSR count). The number of benzene rings is 4. The second-order valence-electron chi connectivity index (χ2n) is 22.2. The molecule has 6 heterocycles. The lowest BCUT2D eigenvalue weighted by Crippen LogP contribution is -2.45. The Morgan fingerprint density at radius 2 is 1.37 bits per heavy atom. The van der Waals surface area contributed by atoms with Crippen LogP contribution in [0, 0.1) is 5.92 Å². The molecule has 23 nitrogen and oxygen atoms in total. The molecule has 2 aliphatic heterocycles. The number of nitrogens with zero attached hydrogens (tertiary/aromatic N) is 7. The third kappa shape index (κ3) is 12.3. The molecule has 2 fully saturated rings. The van der Waals surface area contributed by atoms with E-state index in [2.05, 4.69) is 79.1 Å². The number of imidazole rings is 2. The monoisotopic (exact) mass is 1170 g/mol. The van der Waals surface area contributed by atoms with Crippen LogP contribution in [0.2, 0.25) is 18.1 Å². The summed E-state index contributed by atoms with van der Waals surface area (Å²) < 4.78 is 80.1. The molecule has 4 aromatic heterocycles. The van der Waals surface area contributed by atoms with Crippen LogP contribution in [0.1, 0.15) is 87.0 Å². The van der Waals surface area contributed by atoms with Crippen LogP contribution in [0.3, 0.4) is 0 Å². The summed E-state index contributed by atoms with van der Waals surface area (Å²) in [5, 5.41) is 5.26. The standard InChI is InChI=1S/C58H67N11O12SSi/c1-35(2)52(70)66-56-65-51-48(54(72)67-56)62-34-69(51)55-44(81-83(8,9)57(3,4)5)28-42(78-55)30-63-82(73,74)80-43-29-46(68-33-61-47-49(59-32-60-50(47)68)64-53(71)36-16-12-10-13-17-36)79-45(43)31-77-58(37-18-14-11-15-19-37,38-20-24-40(75-6)25-21-38)39-22-26-41(76-7)27-23-39/h10-27,32-35,42-46,55,63H,28-31H2,1-9H3,(H,59,60,64,71)(H2,65,66,67,70,72)/t42-,43-,44+,45+,46+,55?/m0/s1. The van der Waals surface area contributed by atoms with Gasteiger partial charge in [0.25, 0.3) is 11.5 Å². The number of hydrogen-bond acceptors (Lipinski definition) is 17. The van der Waals surface area contributed by atoms with Crippen molar-refractivity contribution in [1.29, 1.82) is 0 Å². The highest BCUT2D eigenvalue weighted by atomic mass is 32.2. The number of H-pyrrole nitrogens is 1. The molecule has 25 heteroatoms. The zero-order chi connectivity index (χ0) is 58.8. The fourth-order valence-electron chi connectivity index (χ4n) is 9.91. The van der Waals surface area contributed by atoms with E-state index < -0.39 is 78.5 Å². The van der Waals surface area contributed by atoms with E-state index in [1.165, 1.54) is 19.0 Å². The van der Waals surface area contributed by atoms with Crippen LogP contribution in [0.4, 0.5) is 11.8 Å². The maximum Gasteiger partial charge on any atom is 0.336 e. The van der Waals surface area contributed by atoms with E-state index in [-0.39, 0.29) is 65.4 Å². The molecule has 0 radical (unpaired) electrons. The van der Waals surface area contributed by atoms with E-state index in [0.29, 0.717) is 22.7 Å². The molecule has 4 N–H and O–H groups in total. The molecular formula is C58H67N11O12SSi. The predicted octanol–water partition coefficient (Wildman–Crippen LogP) is 8.02. The highest BCUT2D eigenvalue weighted by molar-refractivity contribution is 7.84. The van der Waals surface area contributed by atoms with Crippen molar-refractivity contribution < 1.29 is 50.3 Å². The average molecular weight is 1170 g/mol. The van der Waals surface area contributed by atoms with Crippen molar-refractivity contribution in [2.45, 2.75) is 108 Å². The Hall–Kier alpha value is -7.75. The van der Waals surface area contributed by atoms with Gasteiger partial charge in [0.1, 0.15) is 41.9 Å². The fourth-order valence-corrected chi connectivity index (χ4v) is 12.2. The van der Waals surface area contributed by atoms with Gasteiger partial charge >= 0.3 is 10.3 Å². The normalized spacial score (nSPS) is 19.6. The summed E-state index contributed by atoms with van der Waals surface area (Å²) in [6, 6.07) is 33.3. The van der Waals surface area contributed by atoms with Crippen LogP contribution in [0.15, 0.2) is 133 Å². The molecule has 0 spiro atoms. The van der Waals surface area contributed by atoms with Crippen molar-refractivity contribution in [3.63, 3.8) is 0 Å². The zero-order valence-electron chi connectivity index (χ0n) is 47.4. The second kappa shape index (κ2) is 23.8. The van der Waals surface area contributed by atoms with Crippen LogP contribution in [0.25, 0.3) is 22.3 Å². The Kier molecular flexibility index (Phi) is 16.8. The zero-order valence-corrected chi connectivity index (χ0v) is 49.2. The number of fused-ring (bicyclic) bond motifs is 2. The van der Waals surface area contributed by atoms with Crippen molar-refractivity contribution in [3.05, 3.63) is 161 Å². The summed E-state index contributed by atoms with van der Waals surface area (Å²) in [4.78, 5) is 64.3. The third-order valence-corrected chi connectivity index (χ3v) is 20.9. The molecule has 2 saturated heterocycles. The summed E-state index contributed by atoms with van der Waals surface area (Å²) in [5.41, 5.74) is 1.45. The van der Waals surface area contributed by atoms with Crippen LogP contribution < -0.4 is 30.4 Å². The molecule has 4 aromatic carbocycles. The van der Waals surface area contributed by atoms with Crippen LogP contribution in [-0.4, -0.2) is 119 Å². The van der Waals surface area contributed by atoms with Gasteiger partial charge in [0.2, 0.25) is 11.9 Å². The molecule has 8 aromatic rings. The Morgan fingerprint density at radius 3 is 2.00 bits per heavy atom. The summed E-state index contributed by atoms with van der Waals surface area (Å²) in [5.74, 6) is 0.196. The number of carbonyl (C=O) groups is 2. The number of aromatic amines is 1. The van der Waals surface area contributed by atoms with Gasteiger partial charge in [-0.25, -0.2) is 19.9 Å². The first kappa shape index (κ1) is 58.4. The number of anilines is 2. The lowest BCUT2D eigenvalue weighted by atomic mass is 9.80. The molecule has 436 valence electrons. The van der Waals surface area contributed by atoms with Gasteiger partial charge in [-0.3, -0.25) is 38.0 Å². The number of nitrogens with one attached hydrogen (secondary N) is 4. The van der Waals surface area contributed by atoms with E-state index >= 15 is 0 Å². The maximum absolute atomic E-state index is 14.6. The minimum Gasteiger partial charge on any atom is -0.497 e. The largest absolute Gasteiger partial charge is 0.497 e. The predicted molar refractivity (Wildman–Crippen MR) is 311 cm³/mol. The Bertz CT molecular complexity index is 3720. The van der Waals surface area contributed by atoms with Crippen molar-refractivity contribution in [2.24, 2.45) is 5.92 Å². The highest BCUT2D eigenvalue weighted by Gasteiger charge is 2.48. The molecule has 83 heavy (non-hydrogen) atoms. The Morgan fingerprint density at radius 1 is 0.759 bits per heavy atom. The fraction of sp³-hybridized carbons (Fsp3) is 0.379. The summed E-state index contributed by atoms with van der Waals surface area (Å²) in [6.07, 6.45) is -1.12.